The summed E-state index contributed by atoms with van der Waals surface area (Å²) >= 11 is 0. The number of benzene rings is 5. The van der Waals surface area contributed by atoms with E-state index in [2.05, 4.69) is 108 Å². The summed E-state index contributed by atoms with van der Waals surface area (Å²) < 4.78 is 8.21. The zero-order chi connectivity index (χ0) is 23.3. The molecule has 0 fully saturated rings. The highest BCUT2D eigenvalue weighted by molar-refractivity contribution is 6.15. The van der Waals surface area contributed by atoms with Gasteiger partial charge in [0.05, 0.1) is 16.7 Å². The fraction of sp³-hybridized carbons (Fsp3) is 0.0938. The largest absolute Gasteiger partial charge is 0.441 e. The van der Waals surface area contributed by atoms with Crippen molar-refractivity contribution in [3.63, 3.8) is 0 Å². The lowest BCUT2D eigenvalue weighted by Crippen LogP contribution is -2.15. The van der Waals surface area contributed by atoms with Gasteiger partial charge in [0.2, 0.25) is 0 Å². The predicted molar refractivity (Wildman–Crippen MR) is 143 cm³/mol. The summed E-state index contributed by atoms with van der Waals surface area (Å²) in [5, 5.41) is 5.17. The molecule has 35 heavy (non-hydrogen) atoms. The zero-order valence-electron chi connectivity index (χ0n) is 19.5. The zero-order valence-corrected chi connectivity index (χ0v) is 19.5. The van der Waals surface area contributed by atoms with Gasteiger partial charge in [-0.2, -0.15) is 0 Å². The number of fused-ring (bicyclic) bond motifs is 9. The van der Waals surface area contributed by atoms with Crippen molar-refractivity contribution in [2.75, 3.05) is 0 Å². The Morgan fingerprint density at radius 2 is 1.54 bits per heavy atom. The van der Waals surface area contributed by atoms with Crippen molar-refractivity contribution in [1.82, 2.24) is 9.55 Å². The molecule has 3 heteroatoms. The molecule has 0 aliphatic heterocycles. The van der Waals surface area contributed by atoms with Crippen molar-refractivity contribution in [3.05, 3.63) is 109 Å². The van der Waals surface area contributed by atoms with E-state index in [0.29, 0.717) is 0 Å². The second-order valence-corrected chi connectivity index (χ2v) is 10.1. The minimum Gasteiger partial charge on any atom is -0.441 e. The molecule has 0 bridgehead atoms. The number of hydrogen-bond donors (Lipinski definition) is 0. The highest BCUT2D eigenvalue weighted by atomic mass is 16.3. The van der Waals surface area contributed by atoms with Crippen LogP contribution in [0.15, 0.2) is 102 Å². The molecule has 0 radical (unpaired) electrons. The Balaban J connectivity index is 1.54. The maximum atomic E-state index is 5.87. The minimum atomic E-state index is -0.124. The minimum absolute atomic E-state index is 0.124. The molecule has 0 saturated heterocycles. The molecule has 0 N–H and O–H groups in total. The van der Waals surface area contributed by atoms with E-state index in [1.807, 2.05) is 6.07 Å². The van der Waals surface area contributed by atoms with Gasteiger partial charge in [0.25, 0.3) is 0 Å². The van der Waals surface area contributed by atoms with Crippen molar-refractivity contribution >= 4 is 43.7 Å². The van der Waals surface area contributed by atoms with Gasteiger partial charge in [-0.25, -0.2) is 4.98 Å². The number of hydrogen-bond acceptors (Lipinski definition) is 2. The summed E-state index contributed by atoms with van der Waals surface area (Å²) in [6.45, 7) is 4.74. The van der Waals surface area contributed by atoms with E-state index in [4.69, 9.17) is 4.42 Å². The number of oxazole rings is 1. The van der Waals surface area contributed by atoms with Crippen LogP contribution in [0.4, 0.5) is 0 Å². The number of rotatable bonds is 1. The Bertz CT molecular complexity index is 1990. The van der Waals surface area contributed by atoms with Gasteiger partial charge in [-0.05, 0) is 69.4 Å². The molecule has 0 spiro atoms. The van der Waals surface area contributed by atoms with Gasteiger partial charge in [0, 0.05) is 16.2 Å². The van der Waals surface area contributed by atoms with Gasteiger partial charge < -0.3 is 8.98 Å². The van der Waals surface area contributed by atoms with Crippen LogP contribution in [0, 0.1) is 0 Å². The molecule has 1 aliphatic carbocycles. The lowest BCUT2D eigenvalue weighted by Gasteiger charge is -2.23. The Morgan fingerprint density at radius 3 is 2.43 bits per heavy atom. The number of nitrogens with zero attached hydrogens (tertiary/aromatic N) is 2. The van der Waals surface area contributed by atoms with Crippen molar-refractivity contribution in [2.24, 2.45) is 0 Å². The van der Waals surface area contributed by atoms with Crippen molar-refractivity contribution in [3.8, 4) is 16.8 Å². The highest BCUT2D eigenvalue weighted by Crippen LogP contribution is 2.54. The maximum absolute atomic E-state index is 5.87. The lowest BCUT2D eigenvalue weighted by atomic mass is 9.80. The summed E-state index contributed by atoms with van der Waals surface area (Å²) in [6.07, 6.45) is 1.53. The van der Waals surface area contributed by atoms with E-state index < -0.39 is 0 Å². The monoisotopic (exact) mass is 450 g/mol. The third-order valence-electron chi connectivity index (χ3n) is 7.89. The average Bonchev–Trinajstić information content (AvgIpc) is 3.55. The van der Waals surface area contributed by atoms with Crippen LogP contribution in [-0.4, -0.2) is 9.55 Å². The SMILES string of the molecule is CC1(C)c2cc3ccccc3cc2-c2ccc3c(c21)c1ccccc1n3-c1cccc2ncoc12. The van der Waals surface area contributed by atoms with Crippen molar-refractivity contribution in [1.29, 1.82) is 0 Å². The van der Waals surface area contributed by atoms with E-state index in [-0.39, 0.29) is 5.41 Å². The van der Waals surface area contributed by atoms with Gasteiger partial charge in [-0.3, -0.25) is 0 Å². The first-order chi connectivity index (χ1) is 17.1. The molecule has 3 nitrogen and oxygen atoms in total. The topological polar surface area (TPSA) is 31.0 Å². The van der Waals surface area contributed by atoms with Crippen LogP contribution in [-0.2, 0) is 5.41 Å². The smallest absolute Gasteiger partial charge is 0.182 e. The molecule has 8 rings (SSSR count). The van der Waals surface area contributed by atoms with E-state index in [1.165, 1.54) is 61.2 Å². The lowest BCUT2D eigenvalue weighted by molar-refractivity contribution is 0.600. The van der Waals surface area contributed by atoms with Gasteiger partial charge in [0.1, 0.15) is 5.52 Å². The molecule has 166 valence electrons. The summed E-state index contributed by atoms with van der Waals surface area (Å²) in [6, 6.07) is 32.9. The summed E-state index contributed by atoms with van der Waals surface area (Å²) in [4.78, 5) is 4.40. The molecule has 0 amide bonds. The van der Waals surface area contributed by atoms with Crippen molar-refractivity contribution < 1.29 is 4.42 Å². The third-order valence-corrected chi connectivity index (χ3v) is 7.89. The maximum Gasteiger partial charge on any atom is 0.182 e. The first kappa shape index (κ1) is 19.0. The third kappa shape index (κ3) is 2.33. The molecule has 5 aromatic carbocycles. The summed E-state index contributed by atoms with van der Waals surface area (Å²) in [7, 11) is 0. The first-order valence-corrected chi connectivity index (χ1v) is 12.1. The predicted octanol–water partition coefficient (Wildman–Crippen LogP) is 8.38. The molecular formula is C32H22N2O. The Morgan fingerprint density at radius 1 is 0.743 bits per heavy atom. The highest BCUT2D eigenvalue weighted by Gasteiger charge is 2.38. The second kappa shape index (κ2) is 6.39. The quantitative estimate of drug-likeness (QED) is 0.251. The number of aromatic nitrogens is 2. The van der Waals surface area contributed by atoms with Gasteiger partial charge in [-0.1, -0.05) is 68.4 Å². The standard InChI is InChI=1S/C32H22N2O/c1-32(2)24-17-20-9-4-3-8-19(20)16-23(24)21-14-15-27-29(30(21)32)22-10-5-6-12-26(22)34(27)28-13-7-11-25-31(28)35-18-33-25/h3-18H,1-2H3. The molecule has 7 aromatic rings. The van der Waals surface area contributed by atoms with Crippen LogP contribution in [0.1, 0.15) is 25.0 Å². The van der Waals surface area contributed by atoms with Gasteiger partial charge in [0.15, 0.2) is 12.0 Å². The molecule has 0 atom stereocenters. The molecular weight excluding hydrogens is 428 g/mol. The van der Waals surface area contributed by atoms with Crippen LogP contribution in [0.5, 0.6) is 0 Å². The Hall–Kier alpha value is -4.37. The molecule has 0 saturated carbocycles. The average molecular weight is 451 g/mol. The molecule has 2 aromatic heterocycles. The number of para-hydroxylation sites is 2. The molecule has 2 heterocycles. The van der Waals surface area contributed by atoms with E-state index in [1.54, 1.807) is 0 Å². The normalized spacial score (nSPS) is 14.2. The fourth-order valence-corrected chi connectivity index (χ4v) is 6.36. The van der Waals surface area contributed by atoms with Crippen LogP contribution in [0.25, 0.3) is 60.5 Å². The Labute approximate surface area is 202 Å². The van der Waals surface area contributed by atoms with E-state index in [9.17, 15) is 0 Å². The molecule has 0 unspecified atom stereocenters. The Kier molecular flexibility index (Phi) is 3.47. The van der Waals surface area contributed by atoms with Crippen LogP contribution < -0.4 is 0 Å². The first-order valence-electron chi connectivity index (χ1n) is 12.1. The van der Waals surface area contributed by atoms with Crippen molar-refractivity contribution in [2.45, 2.75) is 19.3 Å². The fourth-order valence-electron chi connectivity index (χ4n) is 6.36. The summed E-state index contributed by atoms with van der Waals surface area (Å²) in [5.41, 5.74) is 10.4. The second-order valence-electron chi connectivity index (χ2n) is 10.1. The van der Waals surface area contributed by atoms with E-state index in [0.717, 1.165) is 16.8 Å². The van der Waals surface area contributed by atoms with Crippen LogP contribution in [0.3, 0.4) is 0 Å². The van der Waals surface area contributed by atoms with E-state index >= 15 is 0 Å². The van der Waals surface area contributed by atoms with Crippen LogP contribution in [0.2, 0.25) is 0 Å². The molecule has 1 aliphatic rings. The summed E-state index contributed by atoms with van der Waals surface area (Å²) in [5.74, 6) is 0. The van der Waals surface area contributed by atoms with Gasteiger partial charge >= 0.3 is 0 Å². The van der Waals surface area contributed by atoms with Crippen LogP contribution >= 0.6 is 0 Å². The van der Waals surface area contributed by atoms with Gasteiger partial charge in [-0.15, -0.1) is 0 Å².